The van der Waals surface area contributed by atoms with Crippen LogP contribution < -0.4 is 5.56 Å². The molecule has 0 atom stereocenters. The molecule has 0 radical (unpaired) electrons. The lowest BCUT2D eigenvalue weighted by molar-refractivity contribution is 0.652. The minimum absolute atomic E-state index is 0.0538. The fourth-order valence-electron chi connectivity index (χ4n) is 3.74. The van der Waals surface area contributed by atoms with Crippen LogP contribution in [0.2, 0.25) is 0 Å². The van der Waals surface area contributed by atoms with Gasteiger partial charge in [0, 0.05) is 24.6 Å². The smallest absolute Gasteiger partial charge is 0.258 e. The maximum absolute atomic E-state index is 12.5. The highest BCUT2D eigenvalue weighted by molar-refractivity contribution is 7.98. The topological polar surface area (TPSA) is 52.2 Å². The molecule has 0 N–H and O–H groups in total. The summed E-state index contributed by atoms with van der Waals surface area (Å²) in [6.07, 6.45) is 2.76. The second kappa shape index (κ2) is 8.40. The molecule has 0 amide bonds. The number of fused-ring (bicyclic) bond motifs is 2. The van der Waals surface area contributed by atoms with Crippen LogP contribution in [0.25, 0.3) is 16.7 Å². The first-order chi connectivity index (χ1) is 15.2. The van der Waals surface area contributed by atoms with Crippen molar-refractivity contribution in [2.24, 2.45) is 0 Å². The van der Waals surface area contributed by atoms with Gasteiger partial charge in [-0.1, -0.05) is 60.3 Å². The van der Waals surface area contributed by atoms with E-state index in [1.165, 1.54) is 5.56 Å². The van der Waals surface area contributed by atoms with E-state index in [2.05, 4.69) is 39.9 Å². The van der Waals surface area contributed by atoms with E-state index in [1.807, 2.05) is 49.5 Å². The van der Waals surface area contributed by atoms with Crippen LogP contribution in [-0.2, 0) is 18.7 Å². The summed E-state index contributed by atoms with van der Waals surface area (Å²) in [5.74, 6) is 0.592. The second-order valence-corrected chi connectivity index (χ2v) is 8.52. The second-order valence-electron chi connectivity index (χ2n) is 7.58. The zero-order valence-electron chi connectivity index (χ0n) is 17.2. The van der Waals surface area contributed by atoms with Crippen molar-refractivity contribution in [3.8, 4) is 0 Å². The van der Waals surface area contributed by atoms with Gasteiger partial charge in [-0.25, -0.2) is 9.97 Å². The average Bonchev–Trinajstić information content (AvgIpc) is 3.15. The largest absolute Gasteiger partial charge is 0.319 e. The third-order valence-electron chi connectivity index (χ3n) is 5.30. The lowest BCUT2D eigenvalue weighted by atomic mass is 10.1. The molecule has 31 heavy (non-hydrogen) atoms. The van der Waals surface area contributed by atoms with Crippen LogP contribution in [0.5, 0.6) is 0 Å². The van der Waals surface area contributed by atoms with Crippen molar-refractivity contribution in [1.29, 1.82) is 0 Å². The number of nitrogens with zero attached hydrogens (tertiary/aromatic N) is 4. The van der Waals surface area contributed by atoms with Crippen molar-refractivity contribution >= 4 is 28.4 Å². The number of rotatable bonds is 6. The monoisotopic (exact) mass is 426 g/mol. The number of hydrogen-bond donors (Lipinski definition) is 0. The van der Waals surface area contributed by atoms with Gasteiger partial charge in [-0.2, -0.15) is 0 Å². The van der Waals surface area contributed by atoms with E-state index >= 15 is 0 Å². The summed E-state index contributed by atoms with van der Waals surface area (Å²) in [7, 11) is 0. The van der Waals surface area contributed by atoms with Gasteiger partial charge in [0.15, 0.2) is 5.16 Å². The van der Waals surface area contributed by atoms with Crippen LogP contribution in [0.1, 0.15) is 16.8 Å². The first-order valence-electron chi connectivity index (χ1n) is 10.3. The molecule has 0 aliphatic heterocycles. The molecule has 5 aromatic rings. The van der Waals surface area contributed by atoms with E-state index in [1.54, 1.807) is 22.2 Å². The molecule has 154 valence electrons. The van der Waals surface area contributed by atoms with Crippen molar-refractivity contribution in [2.75, 3.05) is 0 Å². The summed E-state index contributed by atoms with van der Waals surface area (Å²) in [5, 5.41) is 0.947. The number of para-hydroxylation sites is 2. The molecule has 0 aliphatic rings. The van der Waals surface area contributed by atoms with Crippen molar-refractivity contribution in [3.05, 3.63) is 106 Å². The number of pyridine rings is 1. The Morgan fingerprint density at radius 2 is 1.74 bits per heavy atom. The Hall–Kier alpha value is -3.38. The fourth-order valence-corrected chi connectivity index (χ4v) is 4.67. The van der Waals surface area contributed by atoms with Gasteiger partial charge in [0.05, 0.1) is 16.7 Å². The molecule has 3 heterocycles. The number of imidazole rings is 1. The van der Waals surface area contributed by atoms with Crippen LogP contribution >= 0.6 is 11.8 Å². The van der Waals surface area contributed by atoms with Gasteiger partial charge < -0.3 is 4.57 Å². The lowest BCUT2D eigenvalue weighted by Gasteiger charge is -2.09. The van der Waals surface area contributed by atoms with Gasteiger partial charge in [-0.3, -0.25) is 9.20 Å². The van der Waals surface area contributed by atoms with E-state index < -0.39 is 0 Å². The third kappa shape index (κ3) is 4.11. The summed E-state index contributed by atoms with van der Waals surface area (Å²) in [6, 6.07) is 24.2. The summed E-state index contributed by atoms with van der Waals surface area (Å²) in [6.45, 7) is 2.82. The van der Waals surface area contributed by atoms with Crippen molar-refractivity contribution in [1.82, 2.24) is 18.9 Å². The quantitative estimate of drug-likeness (QED) is 0.363. The summed E-state index contributed by atoms with van der Waals surface area (Å²) in [5.41, 5.74) is 5.83. The van der Waals surface area contributed by atoms with Crippen LogP contribution in [0.4, 0.5) is 0 Å². The fraction of sp³-hybridized carbons (Fsp3) is 0.160. The van der Waals surface area contributed by atoms with Gasteiger partial charge in [0.2, 0.25) is 0 Å². The highest BCUT2D eigenvalue weighted by Gasteiger charge is 2.12. The third-order valence-corrected chi connectivity index (χ3v) is 6.31. The standard InChI is InChI=1S/C25H22N4OS/c1-18-11-12-23-26-20(15-24(30)29(23)16-18)17-31-25-27-21-9-5-6-10-22(21)28(25)14-13-19-7-3-2-4-8-19/h2-12,15-16H,13-14,17H2,1H3. The van der Waals surface area contributed by atoms with E-state index in [9.17, 15) is 4.79 Å². The highest BCUT2D eigenvalue weighted by Crippen LogP contribution is 2.26. The average molecular weight is 427 g/mol. The Bertz CT molecular complexity index is 1420. The van der Waals surface area contributed by atoms with Crippen LogP contribution in [-0.4, -0.2) is 18.9 Å². The zero-order valence-corrected chi connectivity index (χ0v) is 18.0. The van der Waals surface area contributed by atoms with Gasteiger partial charge >= 0.3 is 0 Å². The van der Waals surface area contributed by atoms with E-state index in [-0.39, 0.29) is 5.56 Å². The van der Waals surface area contributed by atoms with Crippen molar-refractivity contribution in [2.45, 2.75) is 30.8 Å². The Kier molecular flexibility index (Phi) is 5.30. The molecule has 5 nitrogen and oxygen atoms in total. The van der Waals surface area contributed by atoms with Crippen LogP contribution in [0.3, 0.4) is 0 Å². The first kappa shape index (κ1) is 19.6. The minimum atomic E-state index is -0.0538. The van der Waals surface area contributed by atoms with Crippen LogP contribution in [0, 0.1) is 6.92 Å². The zero-order chi connectivity index (χ0) is 21.2. The highest BCUT2D eigenvalue weighted by atomic mass is 32.2. The predicted molar refractivity (Wildman–Crippen MR) is 126 cm³/mol. The van der Waals surface area contributed by atoms with Crippen LogP contribution in [0.15, 0.2) is 88.9 Å². The normalized spacial score (nSPS) is 11.4. The van der Waals surface area contributed by atoms with Gasteiger partial charge in [-0.05, 0) is 42.7 Å². The van der Waals surface area contributed by atoms with E-state index in [0.717, 1.165) is 40.4 Å². The van der Waals surface area contributed by atoms with Gasteiger partial charge in [0.1, 0.15) is 5.65 Å². The molecule has 5 rings (SSSR count). The molecule has 0 aliphatic carbocycles. The SMILES string of the molecule is Cc1ccc2nc(CSc3nc4ccccc4n3CCc3ccccc3)cc(=O)n2c1. The number of hydrogen-bond acceptors (Lipinski definition) is 4. The number of aromatic nitrogens is 4. The van der Waals surface area contributed by atoms with Gasteiger partial charge in [0.25, 0.3) is 5.56 Å². The molecular weight excluding hydrogens is 404 g/mol. The first-order valence-corrected chi connectivity index (χ1v) is 11.3. The Labute approximate surface area is 184 Å². The Morgan fingerprint density at radius 1 is 0.935 bits per heavy atom. The molecule has 0 bridgehead atoms. The Balaban J connectivity index is 1.43. The summed E-state index contributed by atoms with van der Waals surface area (Å²) in [4.78, 5) is 22.0. The lowest BCUT2D eigenvalue weighted by Crippen LogP contribution is -2.15. The molecule has 0 saturated carbocycles. The van der Waals surface area contributed by atoms with Crippen molar-refractivity contribution in [3.63, 3.8) is 0 Å². The number of thioether (sulfide) groups is 1. The predicted octanol–water partition coefficient (Wildman–Crippen LogP) is 4.89. The molecule has 6 heteroatoms. The molecule has 0 fully saturated rings. The molecule has 3 aromatic heterocycles. The summed E-state index contributed by atoms with van der Waals surface area (Å²) < 4.78 is 3.86. The molecular formula is C25H22N4OS. The van der Waals surface area contributed by atoms with Gasteiger partial charge in [-0.15, -0.1) is 0 Å². The number of aryl methyl sites for hydroxylation is 3. The summed E-state index contributed by atoms with van der Waals surface area (Å²) >= 11 is 1.62. The molecule has 0 unspecified atom stereocenters. The minimum Gasteiger partial charge on any atom is -0.319 e. The maximum atomic E-state index is 12.5. The van der Waals surface area contributed by atoms with Crippen molar-refractivity contribution < 1.29 is 0 Å². The maximum Gasteiger partial charge on any atom is 0.258 e. The number of benzene rings is 2. The van der Waals surface area contributed by atoms with E-state index in [0.29, 0.717) is 11.4 Å². The molecule has 2 aromatic carbocycles. The Morgan fingerprint density at radius 3 is 2.61 bits per heavy atom. The molecule has 0 spiro atoms. The van der Waals surface area contributed by atoms with E-state index in [4.69, 9.17) is 4.98 Å². The molecule has 0 saturated heterocycles.